The molecule has 46 heavy (non-hydrogen) atoms. The summed E-state index contributed by atoms with van der Waals surface area (Å²) in [6, 6.07) is 29.3. The predicted molar refractivity (Wildman–Crippen MR) is 185 cm³/mol. The van der Waals surface area contributed by atoms with Gasteiger partial charge in [0.1, 0.15) is 24.4 Å². The van der Waals surface area contributed by atoms with Crippen molar-refractivity contribution in [2.75, 3.05) is 12.4 Å². The van der Waals surface area contributed by atoms with Gasteiger partial charge in [-0.15, -0.1) is 0 Å². The van der Waals surface area contributed by atoms with Crippen LogP contribution in [0.15, 0.2) is 103 Å². The number of benzene rings is 3. The summed E-state index contributed by atoms with van der Waals surface area (Å²) in [6.07, 6.45) is -3.21. The largest absolute Gasteiger partial charge is 0.414 e. The Hall–Kier alpha value is -2.63. The Bertz CT molecular complexity index is 1470. The van der Waals surface area contributed by atoms with Crippen molar-refractivity contribution in [2.45, 2.75) is 95.5 Å². The van der Waals surface area contributed by atoms with Gasteiger partial charge >= 0.3 is 0 Å². The van der Waals surface area contributed by atoms with E-state index in [2.05, 4.69) is 40.4 Å². The van der Waals surface area contributed by atoms with Crippen LogP contribution in [0.1, 0.15) is 44.4 Å². The van der Waals surface area contributed by atoms with Gasteiger partial charge < -0.3 is 23.4 Å². The number of rotatable bonds is 15. The molecule has 9 heteroatoms. The van der Waals surface area contributed by atoms with Gasteiger partial charge in [-0.2, -0.15) is 0 Å². The van der Waals surface area contributed by atoms with Crippen LogP contribution in [0.4, 0.5) is 0 Å². The number of ether oxygens (including phenoxy) is 4. The van der Waals surface area contributed by atoms with Gasteiger partial charge in [0.2, 0.25) is 0 Å². The van der Waals surface area contributed by atoms with E-state index in [0.717, 1.165) is 16.7 Å². The van der Waals surface area contributed by atoms with Crippen molar-refractivity contribution in [2.24, 2.45) is 0 Å². The van der Waals surface area contributed by atoms with Crippen LogP contribution in [-0.4, -0.2) is 58.9 Å². The highest BCUT2D eigenvalue weighted by molar-refractivity contribution is 7.92. The molecule has 0 amide bonds. The standard InChI is InChI=1S/C37H50O7SSi/c1-28(2)27-45(38,39)36-35(42-25-31-21-15-10-16-22-31)34(41-24-30-19-13-9-14-20-30)33(40-23-29-17-11-8-12-18-29)32(44-36)26-43-46(6,7)37(3,4)5/h8-22,32-36H,1,23-27H2,2-7H3. The second-order valence-corrected chi connectivity index (χ2v) is 20.6. The molecule has 0 spiro atoms. The molecule has 0 N–H and O–H groups in total. The minimum atomic E-state index is -3.88. The van der Waals surface area contributed by atoms with Crippen molar-refractivity contribution in [3.05, 3.63) is 120 Å². The van der Waals surface area contributed by atoms with E-state index in [0.29, 0.717) is 5.57 Å². The van der Waals surface area contributed by atoms with Crippen molar-refractivity contribution < 1.29 is 31.8 Å². The van der Waals surface area contributed by atoms with E-state index in [9.17, 15) is 8.42 Å². The summed E-state index contributed by atoms with van der Waals surface area (Å²) in [4.78, 5) is 0. The van der Waals surface area contributed by atoms with Crippen molar-refractivity contribution in [3.8, 4) is 0 Å². The zero-order valence-corrected chi connectivity index (χ0v) is 29.9. The van der Waals surface area contributed by atoms with E-state index < -0.39 is 48.0 Å². The average Bonchev–Trinajstić information content (AvgIpc) is 3.01. The van der Waals surface area contributed by atoms with Crippen LogP contribution in [0.5, 0.6) is 0 Å². The van der Waals surface area contributed by atoms with E-state index in [1.807, 2.05) is 91.0 Å². The fourth-order valence-electron chi connectivity index (χ4n) is 5.10. The highest BCUT2D eigenvalue weighted by atomic mass is 32.2. The summed E-state index contributed by atoms with van der Waals surface area (Å²) in [5.74, 6) is -0.236. The lowest BCUT2D eigenvalue weighted by atomic mass is 9.99. The van der Waals surface area contributed by atoms with E-state index in [4.69, 9.17) is 23.4 Å². The maximum atomic E-state index is 14.0. The van der Waals surface area contributed by atoms with Crippen molar-refractivity contribution in [3.63, 3.8) is 0 Å². The topological polar surface area (TPSA) is 80.3 Å². The summed E-state index contributed by atoms with van der Waals surface area (Å²) >= 11 is 0. The molecule has 1 heterocycles. The molecule has 7 nitrogen and oxygen atoms in total. The third kappa shape index (κ3) is 9.94. The SMILES string of the molecule is C=C(C)CS(=O)(=O)C1OC(CO[Si](C)(C)C(C)(C)C)C(OCc2ccccc2)C(OCc2ccccc2)C1OCc1ccccc1. The molecule has 1 fully saturated rings. The van der Waals surface area contributed by atoms with Crippen molar-refractivity contribution in [1.82, 2.24) is 0 Å². The molecule has 4 rings (SSSR count). The van der Waals surface area contributed by atoms with Gasteiger partial charge in [-0.1, -0.05) is 124 Å². The summed E-state index contributed by atoms with van der Waals surface area (Å²) in [5, 5.41) is -0.0575. The van der Waals surface area contributed by atoms with Crippen LogP contribution in [-0.2, 0) is 53.0 Å². The zero-order valence-electron chi connectivity index (χ0n) is 28.1. The van der Waals surface area contributed by atoms with Gasteiger partial charge in [-0.25, -0.2) is 8.42 Å². The van der Waals surface area contributed by atoms with Gasteiger partial charge in [-0.3, -0.25) is 0 Å². The lowest BCUT2D eigenvalue weighted by Crippen LogP contribution is -2.63. The first-order valence-electron chi connectivity index (χ1n) is 15.9. The molecule has 0 aliphatic carbocycles. The third-order valence-electron chi connectivity index (χ3n) is 8.66. The molecule has 5 unspecified atom stereocenters. The monoisotopic (exact) mass is 666 g/mol. The highest BCUT2D eigenvalue weighted by Gasteiger charge is 2.53. The number of sulfone groups is 1. The molecule has 0 bridgehead atoms. The maximum Gasteiger partial charge on any atom is 0.192 e. The molecule has 3 aromatic rings. The van der Waals surface area contributed by atoms with Gasteiger partial charge in [0, 0.05) is 0 Å². The number of hydrogen-bond acceptors (Lipinski definition) is 7. The van der Waals surface area contributed by atoms with E-state index in [1.165, 1.54) is 0 Å². The van der Waals surface area contributed by atoms with Gasteiger partial charge in [-0.05, 0) is 41.7 Å². The summed E-state index contributed by atoms with van der Waals surface area (Å²) in [6.45, 7) is 17.3. The lowest BCUT2D eigenvalue weighted by molar-refractivity contribution is -0.252. The normalized spacial score (nSPS) is 22.4. The smallest absolute Gasteiger partial charge is 0.192 e. The Kier molecular flexibility index (Phi) is 12.6. The van der Waals surface area contributed by atoms with Crippen LogP contribution in [0.3, 0.4) is 0 Å². The van der Waals surface area contributed by atoms with Crippen LogP contribution in [0.2, 0.25) is 18.1 Å². The molecule has 0 saturated carbocycles. The predicted octanol–water partition coefficient (Wildman–Crippen LogP) is 7.48. The van der Waals surface area contributed by atoms with Crippen LogP contribution in [0, 0.1) is 0 Å². The summed E-state index contributed by atoms with van der Waals surface area (Å²) in [5.41, 5.74) is 2.03. The van der Waals surface area contributed by atoms with Crippen LogP contribution in [0.25, 0.3) is 0 Å². The highest BCUT2D eigenvalue weighted by Crippen LogP contribution is 2.38. The fraction of sp³-hybridized carbons (Fsp3) is 0.459. The van der Waals surface area contributed by atoms with E-state index >= 15 is 0 Å². The lowest BCUT2D eigenvalue weighted by Gasteiger charge is -2.47. The molecule has 1 aliphatic heterocycles. The molecular weight excluding hydrogens is 617 g/mol. The van der Waals surface area contributed by atoms with E-state index in [-0.39, 0.29) is 37.2 Å². The fourth-order valence-corrected chi connectivity index (χ4v) is 7.92. The molecule has 0 radical (unpaired) electrons. The van der Waals surface area contributed by atoms with Crippen molar-refractivity contribution >= 4 is 18.2 Å². The van der Waals surface area contributed by atoms with Crippen molar-refractivity contribution in [1.29, 1.82) is 0 Å². The quantitative estimate of drug-likeness (QED) is 0.123. The summed E-state index contributed by atoms with van der Waals surface area (Å²) in [7, 11) is -6.12. The van der Waals surface area contributed by atoms with E-state index in [1.54, 1.807) is 6.92 Å². The second-order valence-electron chi connectivity index (χ2n) is 13.7. The van der Waals surface area contributed by atoms with Gasteiger partial charge in [0.25, 0.3) is 0 Å². The molecule has 3 aromatic carbocycles. The first-order valence-corrected chi connectivity index (χ1v) is 20.5. The maximum absolute atomic E-state index is 14.0. The Labute approximate surface area is 276 Å². The van der Waals surface area contributed by atoms with Gasteiger partial charge in [0.15, 0.2) is 23.6 Å². The molecule has 5 atom stereocenters. The van der Waals surface area contributed by atoms with Crippen LogP contribution < -0.4 is 0 Å². The Morgan fingerprint density at radius 1 is 0.739 bits per heavy atom. The Balaban J connectivity index is 1.76. The minimum Gasteiger partial charge on any atom is -0.414 e. The third-order valence-corrected chi connectivity index (χ3v) is 15.1. The molecule has 250 valence electrons. The van der Waals surface area contributed by atoms with Gasteiger partial charge in [0.05, 0.1) is 32.2 Å². The molecule has 1 saturated heterocycles. The first-order chi connectivity index (χ1) is 21.8. The average molecular weight is 667 g/mol. The summed E-state index contributed by atoms with van der Waals surface area (Å²) < 4.78 is 61.1. The zero-order chi connectivity index (χ0) is 33.4. The Morgan fingerprint density at radius 2 is 1.15 bits per heavy atom. The molecule has 0 aromatic heterocycles. The number of hydrogen-bond donors (Lipinski definition) is 0. The minimum absolute atomic E-state index is 0.0575. The first kappa shape index (κ1) is 36.2. The Morgan fingerprint density at radius 3 is 1.57 bits per heavy atom. The molecular formula is C37H50O7SSi. The van der Waals surface area contributed by atoms with Crippen LogP contribution >= 0.6 is 0 Å². The molecule has 1 aliphatic rings. The second kappa shape index (κ2) is 16.0.